The zero-order valence-electron chi connectivity index (χ0n) is 21.9. The minimum atomic E-state index is -3.48. The van der Waals surface area contributed by atoms with Crippen LogP contribution in [-0.2, 0) is 10.0 Å². The smallest absolute Gasteiger partial charge is 0.316 e. The van der Waals surface area contributed by atoms with E-state index >= 15 is 0 Å². The van der Waals surface area contributed by atoms with Gasteiger partial charge < -0.3 is 14.4 Å². The minimum Gasteiger partial charge on any atom is -0.497 e. The van der Waals surface area contributed by atoms with Crippen molar-refractivity contribution in [3.8, 4) is 17.2 Å². The van der Waals surface area contributed by atoms with Gasteiger partial charge in [-0.05, 0) is 55.3 Å². The van der Waals surface area contributed by atoms with Crippen LogP contribution < -0.4 is 19.9 Å². The van der Waals surface area contributed by atoms with Gasteiger partial charge in [-0.15, -0.1) is 11.8 Å². The van der Waals surface area contributed by atoms with E-state index in [0.29, 0.717) is 49.2 Å². The van der Waals surface area contributed by atoms with Gasteiger partial charge in [-0.1, -0.05) is 24.6 Å². The van der Waals surface area contributed by atoms with Crippen molar-refractivity contribution in [3.05, 3.63) is 70.1 Å². The average Bonchev–Trinajstić information content (AvgIpc) is 3.68. The number of sulfonamides is 1. The Morgan fingerprint density at radius 3 is 2.44 bits per heavy atom. The molecule has 1 aliphatic carbocycles. The quantitative estimate of drug-likeness (QED) is 0.323. The third-order valence-electron chi connectivity index (χ3n) is 7.04. The summed E-state index contributed by atoms with van der Waals surface area (Å²) >= 11 is 7.42. The van der Waals surface area contributed by atoms with Crippen LogP contribution in [0.3, 0.4) is 0 Å². The Labute approximate surface area is 237 Å². The lowest BCUT2D eigenvalue weighted by Gasteiger charge is -2.35. The van der Waals surface area contributed by atoms with Crippen LogP contribution >= 0.6 is 23.4 Å². The van der Waals surface area contributed by atoms with Gasteiger partial charge in [-0.2, -0.15) is 14.1 Å². The highest BCUT2D eigenvalue weighted by Crippen LogP contribution is 2.45. The highest BCUT2D eigenvalue weighted by atomic mass is 35.5. The fraction of sp³-hybridized carbons (Fsp3) is 0.407. The molecule has 2 aliphatic rings. The van der Waals surface area contributed by atoms with Gasteiger partial charge in [-0.25, -0.2) is 8.42 Å². The van der Waals surface area contributed by atoms with Gasteiger partial charge in [0.1, 0.15) is 16.5 Å². The lowest BCUT2D eigenvalue weighted by molar-refractivity contribution is 0.242. The van der Waals surface area contributed by atoms with E-state index in [9.17, 15) is 13.2 Å². The molecule has 0 amide bonds. The van der Waals surface area contributed by atoms with Gasteiger partial charge in [0, 0.05) is 41.5 Å². The Bertz CT molecular complexity index is 1480. The standard InChI is InChI=1S/C27H31ClN4O5S2/c1-27(10-11-27)18-37-25-24(17-29-32(26(25)33)21-5-3-4-20(28)16-21)30-12-14-31(15-13-30)39(34,35)19-38-23-8-6-22(36-2)7-9-23/h3-9,16-17H,10-15,18-19H2,1-2H3. The lowest BCUT2D eigenvalue weighted by atomic mass is 10.2. The highest BCUT2D eigenvalue weighted by Gasteiger charge is 2.39. The summed E-state index contributed by atoms with van der Waals surface area (Å²) in [6.07, 6.45) is 3.73. The zero-order valence-corrected chi connectivity index (χ0v) is 24.3. The van der Waals surface area contributed by atoms with Crippen LogP contribution in [0.15, 0.2) is 64.4 Å². The first-order chi connectivity index (χ1) is 18.7. The maximum Gasteiger partial charge on any atom is 0.316 e. The van der Waals surface area contributed by atoms with Crippen molar-refractivity contribution >= 4 is 39.1 Å². The molecule has 0 spiro atoms. The molecule has 1 saturated heterocycles. The van der Waals surface area contributed by atoms with Crippen LogP contribution in [0.1, 0.15) is 19.8 Å². The van der Waals surface area contributed by atoms with E-state index in [2.05, 4.69) is 12.0 Å². The molecule has 39 heavy (non-hydrogen) atoms. The number of halogens is 1. The predicted molar refractivity (Wildman–Crippen MR) is 154 cm³/mol. The number of piperazine rings is 1. The second kappa shape index (κ2) is 11.4. The van der Waals surface area contributed by atoms with Crippen LogP contribution in [0.4, 0.5) is 5.69 Å². The van der Waals surface area contributed by atoms with Crippen molar-refractivity contribution < 1.29 is 17.9 Å². The number of aromatic nitrogens is 2. The Hall–Kier alpha value is -2.73. The van der Waals surface area contributed by atoms with Gasteiger partial charge in [-0.3, -0.25) is 4.79 Å². The molecule has 2 aromatic carbocycles. The van der Waals surface area contributed by atoms with Gasteiger partial charge >= 0.3 is 5.56 Å². The van der Waals surface area contributed by atoms with E-state index in [1.165, 1.54) is 20.7 Å². The Morgan fingerprint density at radius 2 is 1.79 bits per heavy atom. The highest BCUT2D eigenvalue weighted by molar-refractivity contribution is 8.11. The SMILES string of the molecule is COc1ccc(SCS(=O)(=O)N2CCN(c3cnn(-c4cccc(Cl)c4)c(=O)c3OCC3(C)CC3)CC2)cc1. The van der Waals surface area contributed by atoms with Crippen molar-refractivity contribution in [2.45, 2.75) is 24.7 Å². The summed E-state index contributed by atoms with van der Waals surface area (Å²) < 4.78 is 40.2. The number of anilines is 1. The summed E-state index contributed by atoms with van der Waals surface area (Å²) in [6.45, 7) is 4.02. The van der Waals surface area contributed by atoms with Crippen molar-refractivity contribution in [1.29, 1.82) is 0 Å². The summed E-state index contributed by atoms with van der Waals surface area (Å²) in [4.78, 5) is 16.4. The summed E-state index contributed by atoms with van der Waals surface area (Å²) in [5, 5.41) is 4.86. The van der Waals surface area contributed by atoms with Crippen molar-refractivity contribution in [1.82, 2.24) is 14.1 Å². The minimum absolute atomic E-state index is 0.0521. The molecule has 1 saturated carbocycles. The molecule has 0 unspecified atom stereocenters. The Kier molecular flexibility index (Phi) is 8.14. The molecule has 9 nitrogen and oxygen atoms in total. The predicted octanol–water partition coefficient (Wildman–Crippen LogP) is 4.28. The molecule has 0 atom stereocenters. The molecule has 3 aromatic rings. The molecule has 0 radical (unpaired) electrons. The van der Waals surface area contributed by atoms with Gasteiger partial charge in [0.05, 0.1) is 25.6 Å². The van der Waals surface area contributed by atoms with E-state index in [-0.39, 0.29) is 21.8 Å². The number of rotatable bonds is 10. The number of nitrogens with zero attached hydrogens (tertiary/aromatic N) is 4. The number of benzene rings is 2. The number of hydrogen-bond donors (Lipinski definition) is 0. The summed E-state index contributed by atoms with van der Waals surface area (Å²) in [6, 6.07) is 14.3. The van der Waals surface area contributed by atoms with Crippen molar-refractivity contribution in [3.63, 3.8) is 0 Å². The Morgan fingerprint density at radius 1 is 1.08 bits per heavy atom. The second-order valence-electron chi connectivity index (χ2n) is 10.1. The Balaban J connectivity index is 1.30. The number of ether oxygens (including phenoxy) is 2. The van der Waals surface area contributed by atoms with E-state index in [4.69, 9.17) is 21.1 Å². The average molecular weight is 591 g/mol. The second-order valence-corrected chi connectivity index (χ2v) is 13.9. The van der Waals surface area contributed by atoms with Gasteiger partial charge in [0.15, 0.2) is 0 Å². The van der Waals surface area contributed by atoms with Gasteiger partial charge in [0.25, 0.3) is 0 Å². The molecule has 0 bridgehead atoms. The van der Waals surface area contributed by atoms with Gasteiger partial charge in [0.2, 0.25) is 15.8 Å². The largest absolute Gasteiger partial charge is 0.497 e. The van der Waals surface area contributed by atoms with E-state index in [0.717, 1.165) is 23.5 Å². The number of methoxy groups -OCH3 is 1. The van der Waals surface area contributed by atoms with Crippen LogP contribution in [0, 0.1) is 5.41 Å². The molecule has 5 rings (SSSR count). The molecular formula is C27H31ClN4O5S2. The fourth-order valence-corrected chi connectivity index (χ4v) is 7.25. The van der Waals surface area contributed by atoms with Crippen molar-refractivity contribution in [2.75, 3.05) is 49.9 Å². The molecule has 0 N–H and O–H groups in total. The summed E-state index contributed by atoms with van der Waals surface area (Å²) in [5.74, 6) is 0.951. The molecule has 208 valence electrons. The topological polar surface area (TPSA) is 94.0 Å². The number of hydrogen-bond acceptors (Lipinski definition) is 8. The van der Waals surface area contributed by atoms with E-state index < -0.39 is 10.0 Å². The number of thioether (sulfide) groups is 1. The van der Waals surface area contributed by atoms with Crippen LogP contribution in [0.2, 0.25) is 5.02 Å². The van der Waals surface area contributed by atoms with E-state index in [1.807, 2.05) is 29.2 Å². The first kappa shape index (κ1) is 27.8. The van der Waals surface area contributed by atoms with Crippen molar-refractivity contribution in [2.24, 2.45) is 5.41 Å². The third-order valence-corrected chi connectivity index (χ3v) is 10.7. The maximum atomic E-state index is 13.6. The lowest BCUT2D eigenvalue weighted by Crippen LogP contribution is -2.49. The maximum absolute atomic E-state index is 13.6. The van der Waals surface area contributed by atoms with Crippen LogP contribution in [0.5, 0.6) is 11.5 Å². The molecule has 2 heterocycles. The fourth-order valence-electron chi connectivity index (χ4n) is 4.28. The normalized spacial score (nSPS) is 17.2. The zero-order chi connectivity index (χ0) is 27.6. The molecule has 2 fully saturated rings. The first-order valence-corrected chi connectivity index (χ1v) is 15.7. The van der Waals surface area contributed by atoms with Crippen LogP contribution in [0.25, 0.3) is 5.69 Å². The summed E-state index contributed by atoms with van der Waals surface area (Å²) in [7, 11) is -1.88. The molecule has 12 heteroatoms. The summed E-state index contributed by atoms with van der Waals surface area (Å²) in [5.41, 5.74) is 0.825. The first-order valence-electron chi connectivity index (χ1n) is 12.7. The van der Waals surface area contributed by atoms with E-state index in [1.54, 1.807) is 37.6 Å². The molecule has 1 aromatic heterocycles. The van der Waals surface area contributed by atoms with Crippen LogP contribution in [-0.4, -0.2) is 67.5 Å². The third kappa shape index (κ3) is 6.54. The molecule has 1 aliphatic heterocycles. The molecular weight excluding hydrogens is 560 g/mol. The monoisotopic (exact) mass is 590 g/mol.